The lowest BCUT2D eigenvalue weighted by Crippen LogP contribution is -1.98. The van der Waals surface area contributed by atoms with E-state index >= 15 is 0 Å². The maximum absolute atomic E-state index is 13.4. The molecule has 0 saturated carbocycles. The van der Waals surface area contributed by atoms with Crippen LogP contribution >= 0.6 is 0 Å². The van der Waals surface area contributed by atoms with Crippen molar-refractivity contribution >= 4 is 5.69 Å². The molecule has 1 aromatic heterocycles. The summed E-state index contributed by atoms with van der Waals surface area (Å²) in [4.78, 5) is 13.4. The fraction of sp³-hybridized carbons (Fsp3) is 0. The summed E-state index contributed by atoms with van der Waals surface area (Å²) in [7, 11) is 0. The van der Waals surface area contributed by atoms with Crippen molar-refractivity contribution in [3.05, 3.63) is 57.8 Å². The Labute approximate surface area is 111 Å². The number of halogens is 2. The number of hydrogen-bond acceptors (Lipinski definition) is 5. The fourth-order valence-electron chi connectivity index (χ4n) is 1.40. The molecule has 1 heterocycles. The zero-order valence-electron chi connectivity index (χ0n) is 9.71. The fourth-order valence-corrected chi connectivity index (χ4v) is 1.40. The zero-order valence-corrected chi connectivity index (χ0v) is 9.71. The highest BCUT2D eigenvalue weighted by Gasteiger charge is 2.17. The Kier molecular flexibility index (Phi) is 3.52. The van der Waals surface area contributed by atoms with Crippen LogP contribution in [-0.4, -0.2) is 9.91 Å². The van der Waals surface area contributed by atoms with Crippen LogP contribution in [0.3, 0.4) is 0 Å². The van der Waals surface area contributed by atoms with Gasteiger partial charge in [-0.1, -0.05) is 6.07 Å². The summed E-state index contributed by atoms with van der Waals surface area (Å²) in [5, 5.41) is 19.4. The molecular formula is C12H5F2N3O3. The lowest BCUT2D eigenvalue weighted by atomic mass is 10.3. The summed E-state index contributed by atoms with van der Waals surface area (Å²) in [6.07, 6.45) is 0. The molecule has 2 aromatic rings. The summed E-state index contributed by atoms with van der Waals surface area (Å²) in [5.41, 5.74) is -0.983. The summed E-state index contributed by atoms with van der Waals surface area (Å²) in [5.74, 6) is -3.01. The Balaban J connectivity index is 2.38. The highest BCUT2D eigenvalue weighted by Crippen LogP contribution is 2.26. The first-order chi connectivity index (χ1) is 9.52. The van der Waals surface area contributed by atoms with Gasteiger partial charge < -0.3 is 4.74 Å². The molecule has 2 rings (SSSR count). The molecule has 0 N–H and O–H groups in total. The van der Waals surface area contributed by atoms with E-state index in [1.165, 1.54) is 12.1 Å². The monoisotopic (exact) mass is 277 g/mol. The maximum Gasteiger partial charge on any atom is 0.305 e. The Morgan fingerprint density at radius 1 is 1.30 bits per heavy atom. The second kappa shape index (κ2) is 5.27. The average Bonchev–Trinajstić information content (AvgIpc) is 2.43. The number of pyridine rings is 1. The first-order valence-corrected chi connectivity index (χ1v) is 5.20. The molecule has 0 aliphatic rings. The zero-order chi connectivity index (χ0) is 14.7. The number of nitro groups is 1. The van der Waals surface area contributed by atoms with Crippen molar-refractivity contribution in [3.63, 3.8) is 0 Å². The molecule has 20 heavy (non-hydrogen) atoms. The van der Waals surface area contributed by atoms with Gasteiger partial charge >= 0.3 is 5.69 Å². The lowest BCUT2D eigenvalue weighted by molar-refractivity contribution is -0.385. The van der Waals surface area contributed by atoms with Gasteiger partial charge in [-0.25, -0.2) is 4.39 Å². The van der Waals surface area contributed by atoms with Gasteiger partial charge in [0.05, 0.1) is 4.92 Å². The minimum atomic E-state index is -1.22. The molecule has 0 saturated heterocycles. The number of hydrogen-bond donors (Lipinski definition) is 0. The van der Waals surface area contributed by atoms with E-state index in [1.807, 2.05) is 0 Å². The van der Waals surface area contributed by atoms with Gasteiger partial charge in [0.1, 0.15) is 6.07 Å². The SMILES string of the molecule is N#Cc1nc(Oc2cccc(F)c2F)ccc1[N+](=O)[O-]. The standard InChI is InChI=1S/C12H5F2N3O3/c13-7-2-1-3-10(12(7)14)20-11-5-4-9(17(18)19)8(6-15)16-11/h1-5H. The molecule has 0 aliphatic carbocycles. The van der Waals surface area contributed by atoms with Crippen molar-refractivity contribution in [1.82, 2.24) is 4.98 Å². The van der Waals surface area contributed by atoms with Crippen LogP contribution < -0.4 is 4.74 Å². The van der Waals surface area contributed by atoms with Crippen LogP contribution in [-0.2, 0) is 0 Å². The summed E-state index contributed by atoms with van der Waals surface area (Å²) < 4.78 is 31.3. The molecule has 0 unspecified atom stereocenters. The molecule has 100 valence electrons. The third-order valence-corrected chi connectivity index (χ3v) is 2.28. The van der Waals surface area contributed by atoms with Gasteiger partial charge in [0, 0.05) is 12.1 Å². The van der Waals surface area contributed by atoms with Crippen LogP contribution in [0, 0.1) is 33.1 Å². The van der Waals surface area contributed by atoms with E-state index in [0.717, 1.165) is 24.3 Å². The highest BCUT2D eigenvalue weighted by atomic mass is 19.2. The second-order valence-electron chi connectivity index (χ2n) is 3.54. The van der Waals surface area contributed by atoms with E-state index in [2.05, 4.69) is 4.98 Å². The van der Waals surface area contributed by atoms with Crippen molar-refractivity contribution in [3.8, 4) is 17.7 Å². The highest BCUT2D eigenvalue weighted by molar-refractivity contribution is 5.45. The predicted molar refractivity (Wildman–Crippen MR) is 62.0 cm³/mol. The third kappa shape index (κ3) is 2.51. The number of nitriles is 1. The van der Waals surface area contributed by atoms with Crippen LogP contribution in [0.15, 0.2) is 30.3 Å². The van der Waals surface area contributed by atoms with E-state index in [0.29, 0.717) is 0 Å². The topological polar surface area (TPSA) is 89.0 Å². The van der Waals surface area contributed by atoms with Gasteiger partial charge in [-0.15, -0.1) is 0 Å². The number of aromatic nitrogens is 1. The lowest BCUT2D eigenvalue weighted by Gasteiger charge is -2.06. The van der Waals surface area contributed by atoms with Crippen molar-refractivity contribution < 1.29 is 18.4 Å². The summed E-state index contributed by atoms with van der Waals surface area (Å²) >= 11 is 0. The number of benzene rings is 1. The van der Waals surface area contributed by atoms with Gasteiger partial charge in [-0.2, -0.15) is 14.6 Å². The molecule has 8 heteroatoms. The second-order valence-corrected chi connectivity index (χ2v) is 3.54. The van der Waals surface area contributed by atoms with E-state index in [-0.39, 0.29) is 5.88 Å². The number of ether oxygens (including phenoxy) is 1. The Bertz CT molecular complexity index is 728. The molecule has 0 fully saturated rings. The van der Waals surface area contributed by atoms with E-state index in [4.69, 9.17) is 10.00 Å². The van der Waals surface area contributed by atoms with Crippen LogP contribution in [0.4, 0.5) is 14.5 Å². The van der Waals surface area contributed by atoms with Crippen LogP contribution in [0.2, 0.25) is 0 Å². The van der Waals surface area contributed by atoms with E-state index in [1.54, 1.807) is 0 Å². The number of rotatable bonds is 3. The van der Waals surface area contributed by atoms with Gasteiger partial charge in [-0.05, 0) is 12.1 Å². The van der Waals surface area contributed by atoms with Gasteiger partial charge in [0.25, 0.3) is 0 Å². The van der Waals surface area contributed by atoms with Crippen molar-refractivity contribution in [2.75, 3.05) is 0 Å². The van der Waals surface area contributed by atoms with Crippen molar-refractivity contribution in [2.45, 2.75) is 0 Å². The summed E-state index contributed by atoms with van der Waals surface area (Å²) in [6, 6.07) is 6.91. The average molecular weight is 277 g/mol. The van der Waals surface area contributed by atoms with Crippen LogP contribution in [0.1, 0.15) is 5.69 Å². The van der Waals surface area contributed by atoms with E-state index < -0.39 is 33.7 Å². The quantitative estimate of drug-likeness (QED) is 0.635. The minimum Gasteiger partial charge on any atom is -0.436 e. The van der Waals surface area contributed by atoms with E-state index in [9.17, 15) is 18.9 Å². The Morgan fingerprint density at radius 3 is 2.70 bits per heavy atom. The Hall–Kier alpha value is -3.08. The molecular weight excluding hydrogens is 272 g/mol. The van der Waals surface area contributed by atoms with Crippen LogP contribution in [0.25, 0.3) is 0 Å². The molecule has 0 spiro atoms. The number of nitrogens with zero attached hydrogens (tertiary/aromatic N) is 3. The first kappa shape index (κ1) is 13.4. The molecule has 0 bridgehead atoms. The molecule has 0 radical (unpaired) electrons. The minimum absolute atomic E-state index is 0.253. The smallest absolute Gasteiger partial charge is 0.305 e. The van der Waals surface area contributed by atoms with Crippen molar-refractivity contribution in [1.29, 1.82) is 5.26 Å². The van der Waals surface area contributed by atoms with Crippen LogP contribution in [0.5, 0.6) is 11.6 Å². The third-order valence-electron chi connectivity index (χ3n) is 2.28. The normalized spacial score (nSPS) is 9.85. The van der Waals surface area contributed by atoms with Gasteiger partial charge in [0.2, 0.25) is 17.4 Å². The first-order valence-electron chi connectivity index (χ1n) is 5.20. The largest absolute Gasteiger partial charge is 0.436 e. The molecule has 0 amide bonds. The molecule has 6 nitrogen and oxygen atoms in total. The van der Waals surface area contributed by atoms with Crippen molar-refractivity contribution in [2.24, 2.45) is 0 Å². The summed E-state index contributed by atoms with van der Waals surface area (Å²) in [6.45, 7) is 0. The Morgan fingerprint density at radius 2 is 2.05 bits per heavy atom. The molecule has 1 aromatic carbocycles. The van der Waals surface area contributed by atoms with Gasteiger partial charge in [-0.3, -0.25) is 10.1 Å². The molecule has 0 aliphatic heterocycles. The predicted octanol–water partition coefficient (Wildman–Crippen LogP) is 2.93. The van der Waals surface area contributed by atoms with Gasteiger partial charge in [0.15, 0.2) is 11.6 Å². The molecule has 0 atom stereocenters. The maximum atomic E-state index is 13.4.